The number of aromatic nitrogens is 3. The number of likely N-dealkylation sites (N-methyl/N-ethyl adjacent to an activating group) is 1. The van der Waals surface area contributed by atoms with Crippen LogP contribution >= 0.6 is 0 Å². The fraction of sp³-hybridized carbons (Fsp3) is 0.269. The Labute approximate surface area is 196 Å². The molecule has 1 atom stereocenters. The predicted molar refractivity (Wildman–Crippen MR) is 130 cm³/mol. The second kappa shape index (κ2) is 8.87. The van der Waals surface area contributed by atoms with E-state index in [2.05, 4.69) is 15.0 Å². The topological polar surface area (TPSA) is 74.2 Å². The smallest absolute Gasteiger partial charge is 0.256 e. The first-order valence-electron chi connectivity index (χ1n) is 11.3. The number of nitrogens with zero attached hydrogens (tertiary/aromatic N) is 4. The molecule has 1 aliphatic rings. The lowest BCUT2D eigenvalue weighted by Crippen LogP contribution is -2.41. The van der Waals surface area contributed by atoms with Gasteiger partial charge in [0.2, 0.25) is 0 Å². The van der Waals surface area contributed by atoms with E-state index in [1.54, 1.807) is 29.2 Å². The normalized spacial score (nSPS) is 16.0. The molecule has 1 N–H and O–H groups in total. The van der Waals surface area contributed by atoms with Gasteiger partial charge in [0.25, 0.3) is 11.5 Å². The zero-order valence-electron chi connectivity index (χ0n) is 19.2. The zero-order chi connectivity index (χ0) is 23.8. The standard InChI is InChI=1S/C26H26FN5O2/c1-30(2)16-22-4-3-11-31(22)26(34)17-5-8-21(9-6-17)32-15-19(14-28-32)23-13-18-12-20(27)7-10-24(18)29-25(23)33/h5-10,12-15,22H,3-4,11,16H2,1-2H3,(H,29,33)/t22-/m0/s1. The molecular weight excluding hydrogens is 433 g/mol. The lowest BCUT2D eigenvalue weighted by atomic mass is 10.1. The molecule has 1 aliphatic heterocycles. The molecule has 0 saturated carbocycles. The molecule has 1 saturated heterocycles. The number of halogens is 1. The Morgan fingerprint density at radius 3 is 2.74 bits per heavy atom. The molecule has 0 radical (unpaired) electrons. The average molecular weight is 460 g/mol. The number of hydrogen-bond acceptors (Lipinski definition) is 4. The zero-order valence-corrected chi connectivity index (χ0v) is 19.2. The maximum Gasteiger partial charge on any atom is 0.256 e. The summed E-state index contributed by atoms with van der Waals surface area (Å²) in [5, 5.41) is 5.00. The summed E-state index contributed by atoms with van der Waals surface area (Å²) in [5.74, 6) is -0.315. The van der Waals surface area contributed by atoms with E-state index in [4.69, 9.17) is 0 Å². The van der Waals surface area contributed by atoms with Crippen LogP contribution in [0.3, 0.4) is 0 Å². The van der Waals surface area contributed by atoms with Crippen LogP contribution in [0.25, 0.3) is 27.7 Å². The molecule has 0 bridgehead atoms. The Balaban J connectivity index is 1.38. The molecule has 0 unspecified atom stereocenters. The van der Waals surface area contributed by atoms with E-state index in [-0.39, 0.29) is 23.3 Å². The number of pyridine rings is 1. The van der Waals surface area contributed by atoms with Gasteiger partial charge in [-0.3, -0.25) is 9.59 Å². The summed E-state index contributed by atoms with van der Waals surface area (Å²) in [6.07, 6.45) is 5.41. The van der Waals surface area contributed by atoms with E-state index in [1.165, 1.54) is 12.1 Å². The highest BCUT2D eigenvalue weighted by molar-refractivity contribution is 5.94. The number of nitrogens with one attached hydrogen (secondary N) is 1. The fourth-order valence-electron chi connectivity index (χ4n) is 4.63. The fourth-order valence-corrected chi connectivity index (χ4v) is 4.63. The summed E-state index contributed by atoms with van der Waals surface area (Å²) >= 11 is 0. The minimum Gasteiger partial charge on any atom is -0.334 e. The Hall–Kier alpha value is -3.78. The van der Waals surface area contributed by atoms with Crippen molar-refractivity contribution in [1.29, 1.82) is 0 Å². The summed E-state index contributed by atoms with van der Waals surface area (Å²) < 4.78 is 15.3. The molecule has 1 fully saturated rings. The van der Waals surface area contributed by atoms with Crippen LogP contribution in [0.1, 0.15) is 23.2 Å². The molecule has 1 amide bonds. The number of fused-ring (bicyclic) bond motifs is 1. The van der Waals surface area contributed by atoms with Crippen LogP contribution in [0.5, 0.6) is 0 Å². The molecule has 34 heavy (non-hydrogen) atoms. The minimum atomic E-state index is -0.363. The molecule has 0 aliphatic carbocycles. The predicted octanol–water partition coefficient (Wildman–Crippen LogP) is 3.69. The van der Waals surface area contributed by atoms with Crippen molar-refractivity contribution >= 4 is 16.8 Å². The van der Waals surface area contributed by atoms with Crippen LogP contribution in [0, 0.1) is 5.82 Å². The van der Waals surface area contributed by atoms with Crippen LogP contribution in [0.2, 0.25) is 0 Å². The van der Waals surface area contributed by atoms with Gasteiger partial charge in [-0.05, 0) is 75.5 Å². The van der Waals surface area contributed by atoms with Gasteiger partial charge in [0.05, 0.1) is 17.4 Å². The van der Waals surface area contributed by atoms with Crippen LogP contribution in [-0.2, 0) is 0 Å². The lowest BCUT2D eigenvalue weighted by molar-refractivity contribution is 0.0716. The molecule has 4 aromatic rings. The summed E-state index contributed by atoms with van der Waals surface area (Å²) in [6.45, 7) is 1.65. The Morgan fingerprint density at radius 2 is 1.97 bits per heavy atom. The molecule has 0 spiro atoms. The minimum absolute atomic E-state index is 0.0481. The highest BCUT2D eigenvalue weighted by Crippen LogP contribution is 2.23. The Kier molecular flexibility index (Phi) is 5.75. The molecule has 8 heteroatoms. The summed E-state index contributed by atoms with van der Waals surface area (Å²) in [7, 11) is 4.05. The Morgan fingerprint density at radius 1 is 1.18 bits per heavy atom. The van der Waals surface area contributed by atoms with Crippen molar-refractivity contribution in [2.24, 2.45) is 0 Å². The van der Waals surface area contributed by atoms with E-state index in [9.17, 15) is 14.0 Å². The first-order chi connectivity index (χ1) is 16.4. The highest BCUT2D eigenvalue weighted by atomic mass is 19.1. The quantitative estimate of drug-likeness (QED) is 0.494. The van der Waals surface area contributed by atoms with Gasteiger partial charge < -0.3 is 14.8 Å². The number of hydrogen-bond donors (Lipinski definition) is 1. The van der Waals surface area contributed by atoms with Gasteiger partial charge in [0.15, 0.2) is 0 Å². The van der Waals surface area contributed by atoms with Crippen molar-refractivity contribution in [2.45, 2.75) is 18.9 Å². The summed E-state index contributed by atoms with van der Waals surface area (Å²) in [4.78, 5) is 32.5. The number of likely N-dealkylation sites (tertiary alicyclic amines) is 1. The Bertz CT molecular complexity index is 1410. The van der Waals surface area contributed by atoms with Crippen LogP contribution in [0.15, 0.2) is 65.7 Å². The van der Waals surface area contributed by atoms with Crippen LogP contribution < -0.4 is 5.56 Å². The second-order valence-corrected chi connectivity index (χ2v) is 9.02. The van der Waals surface area contributed by atoms with Gasteiger partial charge in [0, 0.05) is 47.4 Å². The average Bonchev–Trinajstić information content (AvgIpc) is 3.48. The van der Waals surface area contributed by atoms with Gasteiger partial charge >= 0.3 is 0 Å². The summed E-state index contributed by atoms with van der Waals surface area (Å²) in [6, 6.07) is 13.5. The van der Waals surface area contributed by atoms with E-state index in [0.29, 0.717) is 27.6 Å². The molecule has 3 heterocycles. The number of amides is 1. The van der Waals surface area contributed by atoms with Crippen LogP contribution in [0.4, 0.5) is 4.39 Å². The number of carbonyl (C=O) groups is 1. The third-order valence-electron chi connectivity index (χ3n) is 6.29. The van der Waals surface area contributed by atoms with Gasteiger partial charge in [-0.15, -0.1) is 0 Å². The maximum absolute atomic E-state index is 13.6. The lowest BCUT2D eigenvalue weighted by Gasteiger charge is -2.27. The highest BCUT2D eigenvalue weighted by Gasteiger charge is 2.29. The van der Waals surface area contributed by atoms with Crippen LogP contribution in [-0.4, -0.2) is 63.7 Å². The number of aromatic amines is 1. The monoisotopic (exact) mass is 459 g/mol. The molecular formula is C26H26FN5O2. The van der Waals surface area contributed by atoms with Gasteiger partial charge in [-0.1, -0.05) is 0 Å². The molecule has 7 nitrogen and oxygen atoms in total. The van der Waals surface area contributed by atoms with Crippen molar-refractivity contribution in [2.75, 3.05) is 27.2 Å². The van der Waals surface area contributed by atoms with Crippen molar-refractivity contribution < 1.29 is 9.18 Å². The SMILES string of the molecule is CN(C)C[C@@H]1CCCN1C(=O)c1ccc(-n2cc(-c3cc4cc(F)ccc4[nH]c3=O)cn2)cc1. The first-order valence-corrected chi connectivity index (χ1v) is 11.3. The number of rotatable bonds is 5. The van der Waals surface area contributed by atoms with E-state index in [1.807, 2.05) is 43.3 Å². The van der Waals surface area contributed by atoms with Gasteiger partial charge in [-0.25, -0.2) is 9.07 Å². The molecule has 174 valence electrons. The van der Waals surface area contributed by atoms with Crippen molar-refractivity contribution in [3.8, 4) is 16.8 Å². The third-order valence-corrected chi connectivity index (χ3v) is 6.29. The van der Waals surface area contributed by atoms with E-state index < -0.39 is 0 Å². The van der Waals surface area contributed by atoms with Gasteiger partial charge in [0.1, 0.15) is 5.82 Å². The number of benzene rings is 2. The van der Waals surface area contributed by atoms with Gasteiger partial charge in [-0.2, -0.15) is 5.10 Å². The van der Waals surface area contributed by atoms with E-state index in [0.717, 1.165) is 31.6 Å². The first kappa shape index (κ1) is 22.0. The number of H-pyrrole nitrogens is 1. The molecule has 2 aromatic carbocycles. The van der Waals surface area contributed by atoms with Crippen molar-refractivity contribution in [3.63, 3.8) is 0 Å². The molecule has 2 aromatic heterocycles. The van der Waals surface area contributed by atoms with E-state index >= 15 is 0 Å². The molecule has 5 rings (SSSR count). The van der Waals surface area contributed by atoms with Crippen molar-refractivity contribution in [3.05, 3.63) is 82.7 Å². The third kappa shape index (κ3) is 4.24. The second-order valence-electron chi connectivity index (χ2n) is 9.02. The maximum atomic E-state index is 13.6. The number of carbonyl (C=O) groups excluding carboxylic acids is 1. The summed E-state index contributed by atoms with van der Waals surface area (Å²) in [5.41, 5.74) is 2.77. The van der Waals surface area contributed by atoms with Crippen molar-refractivity contribution in [1.82, 2.24) is 24.6 Å². The largest absolute Gasteiger partial charge is 0.334 e.